The number of benzene rings is 6. The minimum absolute atomic E-state index is 0.00538. The van der Waals surface area contributed by atoms with Crippen LogP contribution in [0.3, 0.4) is 0 Å². The standard InChI is InChI=1S/C78H108O9/c1-73(2,3)61-37-49-31-55-43-64(76(10,11)12)45-57(70(55)85-28-22-25-79)33-51-39-62(74(4,5)6)41-53(68(51)83-20)35-59-47-66(78(16,17)18)48-60(72(59)87-30-24-27-81)36-54-42-63(75(7,8)9)40-52(69(54)84-21)34-58-46-65(77(13,14)15)44-56(71(58)86-29-23-26-80)32-50(38-61)67(49)82-19/h37-48,79-81H,22-36H2,1-21H3. The number of aliphatic hydroxyl groups is 3. The Balaban J connectivity index is 1.70. The van der Waals surface area contributed by atoms with Crippen LogP contribution in [0.1, 0.15) is 244 Å². The lowest BCUT2D eigenvalue weighted by molar-refractivity contribution is 0.231. The second-order valence-electron chi connectivity index (χ2n) is 30.7. The number of methoxy groups -OCH3 is 3. The van der Waals surface area contributed by atoms with Crippen molar-refractivity contribution in [1.82, 2.24) is 0 Å². The smallest absolute Gasteiger partial charge is 0.126 e. The zero-order chi connectivity index (χ0) is 64.2. The molecule has 87 heavy (non-hydrogen) atoms. The Morgan fingerprint density at radius 3 is 0.506 bits per heavy atom. The summed E-state index contributed by atoms with van der Waals surface area (Å²) in [5, 5.41) is 30.8. The van der Waals surface area contributed by atoms with Crippen LogP contribution < -0.4 is 28.4 Å². The van der Waals surface area contributed by atoms with E-state index in [0.717, 1.165) is 101 Å². The molecule has 0 saturated carbocycles. The van der Waals surface area contributed by atoms with E-state index < -0.39 is 0 Å². The molecular formula is C78H108O9. The summed E-state index contributed by atoms with van der Waals surface area (Å²) in [6.07, 6.45) is 4.52. The molecule has 0 atom stereocenters. The quantitative estimate of drug-likeness (QED) is 0.0863. The molecule has 6 aromatic carbocycles. The van der Waals surface area contributed by atoms with Crippen LogP contribution in [-0.4, -0.2) is 76.3 Å². The highest BCUT2D eigenvalue weighted by Gasteiger charge is 2.31. The first-order chi connectivity index (χ1) is 40.6. The van der Waals surface area contributed by atoms with Crippen molar-refractivity contribution in [3.8, 4) is 34.5 Å². The number of rotatable bonds is 15. The van der Waals surface area contributed by atoms with Crippen LogP contribution in [0.15, 0.2) is 72.8 Å². The molecule has 0 unspecified atom stereocenters. The molecule has 7 rings (SSSR count). The molecule has 474 valence electrons. The molecule has 9 heteroatoms. The third-order valence-corrected chi connectivity index (χ3v) is 17.2. The van der Waals surface area contributed by atoms with E-state index in [1.54, 1.807) is 21.3 Å². The minimum atomic E-state index is -0.232. The lowest BCUT2D eigenvalue weighted by Gasteiger charge is -2.29. The van der Waals surface area contributed by atoms with E-state index in [0.29, 0.717) is 77.6 Å². The average molecular weight is 1190 g/mol. The van der Waals surface area contributed by atoms with Gasteiger partial charge in [-0.2, -0.15) is 0 Å². The zero-order valence-corrected chi connectivity index (χ0v) is 57.3. The Morgan fingerprint density at radius 2 is 0.391 bits per heavy atom. The fraction of sp³-hybridized carbons (Fsp3) is 0.538. The van der Waals surface area contributed by atoms with Gasteiger partial charge in [-0.25, -0.2) is 0 Å². The average Bonchev–Trinajstić information content (AvgIpc) is 1.20. The van der Waals surface area contributed by atoms with Crippen molar-refractivity contribution in [2.75, 3.05) is 61.0 Å². The molecule has 0 spiro atoms. The van der Waals surface area contributed by atoms with Crippen molar-refractivity contribution in [2.45, 2.75) is 215 Å². The first kappa shape index (κ1) is 68.5. The molecule has 9 nitrogen and oxygen atoms in total. The molecule has 0 radical (unpaired) electrons. The van der Waals surface area contributed by atoms with Crippen molar-refractivity contribution in [3.05, 3.63) is 173 Å². The summed E-state index contributed by atoms with van der Waals surface area (Å²) < 4.78 is 41.2. The van der Waals surface area contributed by atoms with Crippen LogP contribution in [0.4, 0.5) is 0 Å². The van der Waals surface area contributed by atoms with E-state index in [-0.39, 0.29) is 52.3 Å². The Morgan fingerprint density at radius 1 is 0.253 bits per heavy atom. The van der Waals surface area contributed by atoms with Crippen molar-refractivity contribution in [3.63, 3.8) is 0 Å². The van der Waals surface area contributed by atoms with Gasteiger partial charge in [0.2, 0.25) is 0 Å². The molecule has 0 aromatic heterocycles. The fourth-order valence-corrected chi connectivity index (χ4v) is 12.0. The van der Waals surface area contributed by atoms with Gasteiger partial charge in [-0.1, -0.05) is 197 Å². The third-order valence-electron chi connectivity index (χ3n) is 17.2. The number of hydrogen-bond acceptors (Lipinski definition) is 9. The molecule has 0 fully saturated rings. The minimum Gasteiger partial charge on any atom is -0.496 e. The normalized spacial score (nSPS) is 13.7. The van der Waals surface area contributed by atoms with Crippen molar-refractivity contribution >= 4 is 0 Å². The maximum Gasteiger partial charge on any atom is 0.126 e. The molecule has 0 saturated heterocycles. The van der Waals surface area contributed by atoms with Gasteiger partial charge in [-0.3, -0.25) is 0 Å². The van der Waals surface area contributed by atoms with Crippen molar-refractivity contribution in [1.29, 1.82) is 0 Å². The molecule has 12 bridgehead atoms. The van der Waals surface area contributed by atoms with Crippen LogP contribution in [0.25, 0.3) is 0 Å². The van der Waals surface area contributed by atoms with Gasteiger partial charge in [0.05, 0.1) is 41.2 Å². The molecule has 0 amide bonds. The van der Waals surface area contributed by atoms with Gasteiger partial charge in [-0.05, 0) is 133 Å². The fourth-order valence-electron chi connectivity index (χ4n) is 12.0. The monoisotopic (exact) mass is 1190 g/mol. The zero-order valence-electron chi connectivity index (χ0n) is 57.3. The van der Waals surface area contributed by atoms with Gasteiger partial charge < -0.3 is 43.7 Å². The van der Waals surface area contributed by atoms with Crippen LogP contribution in [0.2, 0.25) is 0 Å². The number of aliphatic hydroxyl groups excluding tert-OH is 3. The molecule has 0 aliphatic heterocycles. The van der Waals surface area contributed by atoms with E-state index in [1.165, 1.54) is 33.4 Å². The Labute approximate surface area is 524 Å². The Kier molecular flexibility index (Phi) is 21.6. The summed E-state index contributed by atoms with van der Waals surface area (Å²) in [4.78, 5) is 0. The van der Waals surface area contributed by atoms with Crippen molar-refractivity contribution in [2.24, 2.45) is 0 Å². The molecule has 0 heterocycles. The van der Waals surface area contributed by atoms with E-state index in [1.807, 2.05) is 0 Å². The summed E-state index contributed by atoms with van der Waals surface area (Å²) in [6, 6.07) is 28.0. The van der Waals surface area contributed by atoms with Gasteiger partial charge >= 0.3 is 0 Å². The molecule has 6 aromatic rings. The van der Waals surface area contributed by atoms with E-state index in [9.17, 15) is 15.3 Å². The summed E-state index contributed by atoms with van der Waals surface area (Å²) in [7, 11) is 5.38. The van der Waals surface area contributed by atoms with Crippen LogP contribution in [-0.2, 0) is 71.0 Å². The van der Waals surface area contributed by atoms with E-state index in [4.69, 9.17) is 28.4 Å². The second-order valence-corrected chi connectivity index (χ2v) is 30.7. The second kappa shape index (κ2) is 27.4. The maximum atomic E-state index is 10.3. The summed E-state index contributed by atoms with van der Waals surface area (Å²) in [5.74, 6) is 4.86. The van der Waals surface area contributed by atoms with Crippen LogP contribution in [0.5, 0.6) is 34.5 Å². The van der Waals surface area contributed by atoms with Crippen LogP contribution >= 0.6 is 0 Å². The van der Waals surface area contributed by atoms with Crippen molar-refractivity contribution < 1.29 is 43.7 Å². The number of ether oxygens (including phenoxy) is 6. The van der Waals surface area contributed by atoms with Gasteiger partial charge in [0.1, 0.15) is 34.5 Å². The predicted molar refractivity (Wildman–Crippen MR) is 359 cm³/mol. The SMILES string of the molecule is COc1c2cc(C(C)(C)C)cc1Cc1cc(C(C)(C)C)cc(c1OCCCO)Cc1cc(C(C)(C)C)cc(c1OC)Cc1cc(C(C)(C)C)cc(c1OCCCO)Cc1cc(C(C)(C)C)cc(c1OC)Cc1cc(C(C)(C)C)cc(c1OCCCO)C2. The molecule has 1 aliphatic rings. The number of hydrogen-bond donors (Lipinski definition) is 3. The van der Waals surface area contributed by atoms with Gasteiger partial charge in [0, 0.05) is 77.6 Å². The predicted octanol–water partition coefficient (Wildman–Crippen LogP) is 16.6. The lowest BCUT2D eigenvalue weighted by atomic mass is 9.79. The topological polar surface area (TPSA) is 116 Å². The highest BCUT2D eigenvalue weighted by atomic mass is 16.5. The molecule has 1 aliphatic carbocycles. The van der Waals surface area contributed by atoms with Crippen LogP contribution in [0, 0.1) is 0 Å². The first-order valence-corrected chi connectivity index (χ1v) is 31.9. The molecular weight excluding hydrogens is 1080 g/mol. The Hall–Kier alpha value is -6.00. The number of fused-ring (bicyclic) bond motifs is 12. The highest BCUT2D eigenvalue weighted by Crippen LogP contribution is 2.46. The van der Waals surface area contributed by atoms with E-state index in [2.05, 4.69) is 197 Å². The first-order valence-electron chi connectivity index (χ1n) is 31.9. The highest BCUT2D eigenvalue weighted by molar-refractivity contribution is 5.61. The maximum absolute atomic E-state index is 10.3. The van der Waals surface area contributed by atoms with E-state index >= 15 is 0 Å². The lowest BCUT2D eigenvalue weighted by Crippen LogP contribution is -2.17. The van der Waals surface area contributed by atoms with Gasteiger partial charge in [0.15, 0.2) is 0 Å². The third kappa shape index (κ3) is 16.6. The van der Waals surface area contributed by atoms with Gasteiger partial charge in [-0.15, -0.1) is 0 Å². The molecule has 3 N–H and O–H groups in total. The Bertz CT molecular complexity index is 2860. The summed E-state index contributed by atoms with van der Waals surface area (Å²) in [6.45, 7) is 42.0. The largest absolute Gasteiger partial charge is 0.496 e. The summed E-state index contributed by atoms with van der Waals surface area (Å²) in [5.41, 5.74) is 18.3. The van der Waals surface area contributed by atoms with Gasteiger partial charge in [0.25, 0.3) is 0 Å². The summed E-state index contributed by atoms with van der Waals surface area (Å²) >= 11 is 0.